The van der Waals surface area contributed by atoms with Gasteiger partial charge in [0.05, 0.1) is 25.7 Å². The number of hydrogen-bond acceptors (Lipinski definition) is 8. The van der Waals surface area contributed by atoms with Crippen LogP contribution in [0.4, 0.5) is 4.39 Å². The molecule has 1 N–H and O–H groups in total. The maximum atomic E-state index is 12.5. The van der Waals surface area contributed by atoms with Crippen molar-refractivity contribution < 1.29 is 13.5 Å². The summed E-state index contributed by atoms with van der Waals surface area (Å²) in [4.78, 5) is 6.27. The van der Waals surface area contributed by atoms with Crippen molar-refractivity contribution in [1.29, 1.82) is 0 Å². The number of morpholine rings is 1. The van der Waals surface area contributed by atoms with E-state index >= 15 is 0 Å². The lowest BCUT2D eigenvalue weighted by Crippen LogP contribution is -2.37. The Morgan fingerprint density at radius 1 is 0.438 bits per heavy atom. The fourth-order valence-electron chi connectivity index (χ4n) is 4.08. The summed E-state index contributed by atoms with van der Waals surface area (Å²) in [5, 5.41) is 17.4. The molecule has 0 spiro atoms. The Bertz CT molecular complexity index is 1800. The molecule has 0 unspecified atom stereocenters. The molecule has 1 aliphatic rings. The minimum atomic E-state index is -0.147. The molecule has 4 aromatic heterocycles. The van der Waals surface area contributed by atoms with Gasteiger partial charge in [0.1, 0.15) is 5.82 Å². The van der Waals surface area contributed by atoms with Gasteiger partial charge in [-0.05, 0) is 125 Å². The topological polar surface area (TPSA) is 93.0 Å². The molecule has 89 heavy (non-hydrogen) atoms. The van der Waals surface area contributed by atoms with E-state index in [4.69, 9.17) is 4.74 Å². The minimum Gasteiger partial charge on any atom is -0.473 e. The Kier molecular flexibility index (Phi) is 90.6. The summed E-state index contributed by atoms with van der Waals surface area (Å²) < 4.78 is 22.4. The van der Waals surface area contributed by atoms with Gasteiger partial charge in [-0.1, -0.05) is 316 Å². The first-order valence-electron chi connectivity index (χ1n) is 33.2. The van der Waals surface area contributed by atoms with E-state index in [0.717, 1.165) is 91.0 Å². The van der Waals surface area contributed by atoms with E-state index in [-0.39, 0.29) is 5.82 Å². The smallest absolute Gasteiger partial charge is 0.177 e. The molecule has 0 amide bonds. The van der Waals surface area contributed by atoms with Crippen molar-refractivity contribution >= 4 is 11.3 Å². The number of pyridine rings is 1. The van der Waals surface area contributed by atoms with E-state index < -0.39 is 0 Å². The molecule has 1 saturated heterocycles. The van der Waals surface area contributed by atoms with Crippen molar-refractivity contribution in [2.24, 2.45) is 53.3 Å². The largest absolute Gasteiger partial charge is 0.473 e. The lowest BCUT2D eigenvalue weighted by Gasteiger charge is -2.26. The van der Waals surface area contributed by atoms with Crippen molar-refractivity contribution in [3.63, 3.8) is 0 Å². The Morgan fingerprint density at radius 3 is 0.955 bits per heavy atom. The number of thiophene rings is 1. The molecule has 3 aromatic carbocycles. The average molecular weight is 1260 g/mol. The highest BCUT2D eigenvalue weighted by molar-refractivity contribution is 7.07. The molecule has 8 rings (SSSR count). The van der Waals surface area contributed by atoms with Gasteiger partial charge in [0.15, 0.2) is 5.82 Å². The Balaban J connectivity index is -0.000000133. The van der Waals surface area contributed by atoms with Gasteiger partial charge >= 0.3 is 0 Å². The van der Waals surface area contributed by atoms with Gasteiger partial charge in [-0.2, -0.15) is 16.6 Å². The summed E-state index contributed by atoms with van der Waals surface area (Å²) in [7, 11) is 0. The first kappa shape index (κ1) is 99.9. The number of furan rings is 1. The van der Waals surface area contributed by atoms with Crippen LogP contribution in [0.25, 0.3) is 0 Å². The van der Waals surface area contributed by atoms with E-state index in [1.165, 1.54) is 19.0 Å². The third-order valence-electron chi connectivity index (χ3n) is 7.27. The van der Waals surface area contributed by atoms with Crippen molar-refractivity contribution in [3.05, 3.63) is 192 Å². The number of nitrogens with zero attached hydrogens (tertiary/aromatic N) is 5. The molecule has 0 atom stereocenters. The first-order chi connectivity index (χ1) is 41.6. The van der Waals surface area contributed by atoms with E-state index in [2.05, 4.69) is 229 Å². The van der Waals surface area contributed by atoms with E-state index in [1.807, 2.05) is 146 Å². The summed E-state index contributed by atoms with van der Waals surface area (Å²) in [5.41, 5.74) is 1.06. The predicted octanol–water partition coefficient (Wildman–Crippen LogP) is 25.4. The summed E-state index contributed by atoms with van der Waals surface area (Å²) in [6.45, 7) is 70.1. The molecule has 0 aliphatic carbocycles. The number of rotatable bonds is 5. The quantitative estimate of drug-likeness (QED) is 0.184. The average Bonchev–Trinajstić information content (AvgIpc) is 4.43. The number of benzene rings is 3. The zero-order chi connectivity index (χ0) is 70.1. The van der Waals surface area contributed by atoms with Crippen LogP contribution in [-0.4, -0.2) is 63.4 Å². The highest BCUT2D eigenvalue weighted by atomic mass is 32.1. The van der Waals surface area contributed by atoms with Crippen molar-refractivity contribution in [3.8, 4) is 0 Å². The number of halogens is 1. The molecule has 514 valence electrons. The maximum absolute atomic E-state index is 12.5. The summed E-state index contributed by atoms with van der Waals surface area (Å²) in [5.74, 6) is 8.90. The number of aromatic nitrogens is 5. The van der Waals surface area contributed by atoms with E-state index in [9.17, 15) is 4.39 Å². The second-order valence-electron chi connectivity index (χ2n) is 27.0. The van der Waals surface area contributed by atoms with Gasteiger partial charge < -0.3 is 9.15 Å². The van der Waals surface area contributed by atoms with Crippen LogP contribution in [0.3, 0.4) is 0 Å². The van der Waals surface area contributed by atoms with Crippen molar-refractivity contribution in [1.82, 2.24) is 30.5 Å². The van der Waals surface area contributed by atoms with Gasteiger partial charge in [0, 0.05) is 31.4 Å². The second-order valence-corrected chi connectivity index (χ2v) is 27.9. The lowest BCUT2D eigenvalue weighted by molar-refractivity contribution is 0.0360. The molecule has 1 fully saturated rings. The third-order valence-corrected chi connectivity index (χ3v) is 7.90. The van der Waals surface area contributed by atoms with Gasteiger partial charge in [-0.3, -0.25) is 9.88 Å². The predicted molar refractivity (Wildman–Crippen MR) is 400 cm³/mol. The fourth-order valence-corrected chi connectivity index (χ4v) is 4.53. The standard InChI is InChI=1S/C9H11F.C9H19NO.2C6H6.C5H5N.C4H8N4.C4H4O.C4H4S.8C4H10/c1-7(2)8-4-3-5-9(10)6-8;1-9(2)3-4-10-5-7-11-8-6-10;3*1-2-4-6-5-3-1;1-3(2)4-5-7-8-6-4;2*1-2-4-5-3-1;8*1-4(2)3/h3-7H,1-2H3;9H,3-8H2,1-2H3;2*1-6H;1-5H;3H,1-2H3,(H,5,6,7,8);2*1-4H;8*4H,1-3H3. The highest BCUT2D eigenvalue weighted by Gasteiger charge is 2.09. The highest BCUT2D eigenvalue weighted by Crippen LogP contribution is 2.14. The number of aromatic amines is 1. The molecule has 1 aliphatic heterocycles. The Morgan fingerprint density at radius 2 is 0.775 bits per heavy atom. The van der Waals surface area contributed by atoms with Gasteiger partial charge in [0.2, 0.25) is 0 Å². The third kappa shape index (κ3) is 146. The molecular formula is C79H143FN6O2S. The van der Waals surface area contributed by atoms with Crippen LogP contribution in [0.5, 0.6) is 0 Å². The van der Waals surface area contributed by atoms with Crippen LogP contribution < -0.4 is 0 Å². The summed E-state index contributed by atoms with van der Waals surface area (Å²) in [6.07, 6.45) is 8.07. The summed E-state index contributed by atoms with van der Waals surface area (Å²) >= 11 is 1.71. The molecule has 7 aromatic rings. The molecule has 10 heteroatoms. The molecule has 8 nitrogen and oxygen atoms in total. The van der Waals surface area contributed by atoms with Crippen LogP contribution in [0.2, 0.25) is 0 Å². The number of tetrazole rings is 1. The fraction of sp³-hybridized carbons (Fsp3) is 0.595. The zero-order valence-corrected chi connectivity index (χ0v) is 64.0. The molecule has 5 heterocycles. The maximum Gasteiger partial charge on any atom is 0.177 e. The number of nitrogens with one attached hydrogen (secondary N) is 1. The van der Waals surface area contributed by atoms with Crippen LogP contribution in [-0.2, 0) is 4.74 Å². The van der Waals surface area contributed by atoms with Crippen molar-refractivity contribution in [2.75, 3.05) is 32.8 Å². The van der Waals surface area contributed by atoms with Crippen LogP contribution >= 0.6 is 11.3 Å². The van der Waals surface area contributed by atoms with Gasteiger partial charge in [0.25, 0.3) is 0 Å². The van der Waals surface area contributed by atoms with Crippen molar-refractivity contribution in [2.45, 2.75) is 226 Å². The zero-order valence-electron chi connectivity index (χ0n) is 63.2. The number of ether oxygens (including phenoxy) is 1. The SMILES string of the molecule is CC(C)C.CC(C)C.CC(C)C.CC(C)C.CC(C)C.CC(C)C.CC(C)C.CC(C)C.CC(C)CCN1CCOCC1.CC(C)c1cccc(F)c1.CC(C)c1nn[nH]n1.c1ccccc1.c1ccccc1.c1ccncc1.c1ccoc1.c1ccsc1. The van der Waals surface area contributed by atoms with Crippen LogP contribution in [0, 0.1) is 59.1 Å². The second kappa shape index (κ2) is 80.7. The Hall–Kier alpha value is -5.29. The van der Waals surface area contributed by atoms with E-state index in [1.54, 1.807) is 48.4 Å². The first-order valence-corrected chi connectivity index (χ1v) is 34.2. The number of H-pyrrole nitrogens is 1. The number of hydrogen-bond donors (Lipinski definition) is 1. The molecule has 0 bridgehead atoms. The van der Waals surface area contributed by atoms with Crippen LogP contribution in [0.1, 0.15) is 237 Å². The molecular weight excluding hydrogens is 1120 g/mol. The van der Waals surface area contributed by atoms with Crippen LogP contribution in [0.15, 0.2) is 180 Å². The van der Waals surface area contributed by atoms with Gasteiger partial charge in [-0.15, -0.1) is 10.2 Å². The lowest BCUT2D eigenvalue weighted by atomic mass is 10.0. The molecule has 0 radical (unpaired) electrons. The normalized spacial score (nSPS) is 10.4. The molecule has 0 saturated carbocycles. The minimum absolute atomic E-state index is 0.147. The van der Waals surface area contributed by atoms with Gasteiger partial charge in [-0.25, -0.2) is 4.39 Å². The summed E-state index contributed by atoms with van der Waals surface area (Å²) in [6, 6.07) is 44.1. The Labute approximate surface area is 556 Å². The van der Waals surface area contributed by atoms with E-state index in [0.29, 0.717) is 11.8 Å². The monoisotopic (exact) mass is 1260 g/mol.